The number of benzene rings is 4. The zero-order valence-corrected chi connectivity index (χ0v) is 31.6. The molecule has 0 aliphatic rings. The van der Waals surface area contributed by atoms with Crippen LogP contribution < -0.4 is 11.5 Å². The molecule has 0 aliphatic heterocycles. The molecular weight excluding hydrogens is 819 g/mol. The predicted octanol–water partition coefficient (Wildman–Crippen LogP) is 3.60. The highest BCUT2D eigenvalue weighted by atomic mass is 32.3. The van der Waals surface area contributed by atoms with Gasteiger partial charge in [-0.1, -0.05) is 12.1 Å². The summed E-state index contributed by atoms with van der Waals surface area (Å²) in [4.78, 5) is 4.54. The van der Waals surface area contributed by atoms with Crippen molar-refractivity contribution in [3.63, 3.8) is 0 Å². The van der Waals surface area contributed by atoms with E-state index >= 15 is 0 Å². The average molecular weight is 848 g/mol. The topological polar surface area (TPSA) is 352 Å². The molecule has 0 atom stereocenters. The molecule has 0 radical (unpaired) electrons. The van der Waals surface area contributed by atoms with E-state index in [1.807, 2.05) is 6.11 Å². The van der Waals surface area contributed by atoms with E-state index in [4.69, 9.17) is 16.0 Å². The quantitative estimate of drug-likeness (QED) is 0.0244. The van der Waals surface area contributed by atoms with Gasteiger partial charge in [-0.3, -0.25) is 18.5 Å². The van der Waals surface area contributed by atoms with E-state index in [-0.39, 0.29) is 32.6 Å². The Morgan fingerprint density at radius 3 is 2.02 bits per heavy atom. The van der Waals surface area contributed by atoms with Crippen molar-refractivity contribution in [2.75, 3.05) is 37.9 Å². The number of rotatable bonds is 13. The van der Waals surface area contributed by atoms with Crippen LogP contribution in [0.5, 0.6) is 0 Å². The van der Waals surface area contributed by atoms with Crippen molar-refractivity contribution < 1.29 is 62.0 Å². The van der Waals surface area contributed by atoms with Gasteiger partial charge < -0.3 is 21.8 Å². The van der Waals surface area contributed by atoms with Gasteiger partial charge in [0, 0.05) is 22.1 Å². The van der Waals surface area contributed by atoms with Gasteiger partial charge in [0.15, 0.2) is 15.9 Å². The number of thioether (sulfide) groups is 1. The van der Waals surface area contributed by atoms with Crippen LogP contribution >= 0.6 is 11.8 Å². The molecule has 0 saturated heterocycles. The highest BCUT2D eigenvalue weighted by molar-refractivity contribution is 8.04. The molecule has 9 N–H and O–H groups in total. The maximum Gasteiger partial charge on any atom is 0.433 e. The Morgan fingerprint density at radius 2 is 1.43 bits per heavy atom. The third kappa shape index (κ3) is 11.4. The van der Waals surface area contributed by atoms with Crippen molar-refractivity contribution in [2.45, 2.75) is 19.6 Å². The monoisotopic (exact) mass is 847 g/mol. The Hall–Kier alpha value is -4.79. The minimum Gasteiger partial charge on any atom is -0.412 e. The summed E-state index contributed by atoms with van der Waals surface area (Å²) < 4.78 is 128. The molecule has 4 rings (SSSR count). The Labute approximate surface area is 312 Å². The van der Waals surface area contributed by atoms with E-state index in [1.165, 1.54) is 48.5 Å². The molecule has 4 aromatic carbocycles. The fourth-order valence-corrected chi connectivity index (χ4v) is 7.76. The number of hydrogen-bond acceptors (Lipinski definition) is 18. The lowest BCUT2D eigenvalue weighted by molar-refractivity contribution is -0.135. The first kappa shape index (κ1) is 43.6. The summed E-state index contributed by atoms with van der Waals surface area (Å²) in [6.07, 6.45) is 1.85. The summed E-state index contributed by atoms with van der Waals surface area (Å²) in [5, 5.41) is 18.1. The molecule has 0 aliphatic carbocycles. The molecule has 0 spiro atoms. The molecule has 21 nitrogen and oxygen atoms in total. The largest absolute Gasteiger partial charge is 0.433 e. The molecular formula is C28H29N7O14S5. The zero-order chi connectivity index (χ0) is 39.4. The van der Waals surface area contributed by atoms with Gasteiger partial charge in [0.1, 0.15) is 26.9 Å². The lowest BCUT2D eigenvalue weighted by Crippen LogP contribution is -2.21. The fraction of sp³-hybridized carbons (Fsp3) is 0.143. The van der Waals surface area contributed by atoms with E-state index in [9.17, 15) is 42.8 Å². The Bertz CT molecular complexity index is 2640. The summed E-state index contributed by atoms with van der Waals surface area (Å²) in [6.45, 7) is 0.293. The molecule has 0 fully saturated rings. The lowest BCUT2D eigenvalue weighted by Gasteiger charge is -2.11. The minimum absolute atomic E-state index is 0. The van der Waals surface area contributed by atoms with Crippen LogP contribution in [0.15, 0.2) is 101 Å². The smallest absolute Gasteiger partial charge is 0.412 e. The van der Waals surface area contributed by atoms with Crippen molar-refractivity contribution in [3.05, 3.63) is 60.7 Å². The fourth-order valence-electron chi connectivity index (χ4n) is 4.26. The molecule has 4 aromatic rings. The van der Waals surface area contributed by atoms with Crippen molar-refractivity contribution in [1.29, 1.82) is 0 Å². The average Bonchev–Trinajstić information content (AvgIpc) is 3.05. The first-order valence-corrected chi connectivity index (χ1v) is 20.8. The molecule has 0 bridgehead atoms. The Morgan fingerprint density at radius 1 is 0.778 bits per heavy atom. The van der Waals surface area contributed by atoms with E-state index in [2.05, 4.69) is 34.9 Å². The molecule has 0 aromatic heterocycles. The number of fused-ring (bicyclic) bond motifs is 1. The predicted molar refractivity (Wildman–Crippen MR) is 195 cm³/mol. The number of nitrogens with zero attached hydrogens (tertiary/aromatic N) is 5. The first-order valence-electron chi connectivity index (χ1n) is 14.1. The standard InChI is InChI=1S/C28H27N7O13S5.H2O/c1-35(2)11-14-50(36,37)20-7-4-18(5-8-20)31-34-27-25(29)23(16-24(26(27)30)51(38,39)40)33-32-22-10-3-17-15-19(49-13-12-47-48-53(44,45)46)6-9-21(17)28(22)52(41,42)43;/h3-10,15-16H,11,14,29-30H2,1-2H3,(H,38,39,40)(H,41,42,43)(H,44,45,46);1H2. The molecule has 290 valence electrons. The highest BCUT2D eigenvalue weighted by Crippen LogP contribution is 2.44. The van der Waals surface area contributed by atoms with Crippen LogP contribution in [0.2, 0.25) is 0 Å². The van der Waals surface area contributed by atoms with Crippen LogP contribution in [-0.2, 0) is 49.7 Å². The van der Waals surface area contributed by atoms with E-state index in [1.54, 1.807) is 19.0 Å². The number of hydrogen-bond donors (Lipinski definition) is 5. The number of anilines is 2. The van der Waals surface area contributed by atoms with Gasteiger partial charge >= 0.3 is 10.4 Å². The second-order valence-corrected chi connectivity index (χ2v) is 17.4. The van der Waals surface area contributed by atoms with Gasteiger partial charge in [0.05, 0.1) is 27.7 Å². The molecule has 0 amide bonds. The Balaban J connectivity index is 0.00000784. The number of azo groups is 2. The van der Waals surface area contributed by atoms with Crippen molar-refractivity contribution >= 4 is 97.1 Å². The summed E-state index contributed by atoms with van der Waals surface area (Å²) in [7, 11) is -15.1. The number of nitrogen functional groups attached to an aromatic ring is 2. The van der Waals surface area contributed by atoms with Gasteiger partial charge in [-0.25, -0.2) is 8.42 Å². The summed E-state index contributed by atoms with van der Waals surface area (Å²) in [5.74, 6) is -0.132. The zero-order valence-electron chi connectivity index (χ0n) is 27.5. The first-order chi connectivity index (χ1) is 24.6. The van der Waals surface area contributed by atoms with E-state index < -0.39 is 78.7 Å². The van der Waals surface area contributed by atoms with Gasteiger partial charge in [0.2, 0.25) is 0 Å². The van der Waals surface area contributed by atoms with Crippen LogP contribution in [0.25, 0.3) is 10.8 Å². The summed E-state index contributed by atoms with van der Waals surface area (Å²) in [6, 6.07) is 12.7. The molecule has 0 saturated carbocycles. The summed E-state index contributed by atoms with van der Waals surface area (Å²) in [5.41, 5.74) is 9.86. The number of nitrogens with two attached hydrogens (primary N) is 2. The second-order valence-electron chi connectivity index (χ2n) is 10.7. The maximum atomic E-state index is 12.6. The molecule has 26 heteroatoms. The van der Waals surface area contributed by atoms with Gasteiger partial charge in [0.25, 0.3) is 20.2 Å². The van der Waals surface area contributed by atoms with Gasteiger partial charge in [-0.15, -0.1) is 15.3 Å². The van der Waals surface area contributed by atoms with Crippen molar-refractivity contribution in [1.82, 2.24) is 4.90 Å². The lowest BCUT2D eigenvalue weighted by atomic mass is 10.1. The van der Waals surface area contributed by atoms with Gasteiger partial charge in [-0.2, -0.15) is 30.4 Å². The SMILES string of the molecule is CN(C)CCS(=O)(=O)c1ccc(N=Nc2c(N)c(N=Nc3ccc4cc(SC#COOS(=O)(=O)O)ccc4c3S(=O)(=O)O)cc(S(=O)(=O)O)c2N)cc1.O. The van der Waals surface area contributed by atoms with Crippen LogP contribution in [0.4, 0.5) is 34.1 Å². The molecule has 0 unspecified atom stereocenters. The summed E-state index contributed by atoms with van der Waals surface area (Å²) >= 11 is 0.792. The van der Waals surface area contributed by atoms with E-state index in [0.717, 1.165) is 23.9 Å². The van der Waals surface area contributed by atoms with Crippen LogP contribution in [-0.4, -0.2) is 84.1 Å². The van der Waals surface area contributed by atoms with E-state index in [0.29, 0.717) is 11.4 Å². The van der Waals surface area contributed by atoms with Crippen molar-refractivity contribution in [3.8, 4) is 11.4 Å². The van der Waals surface area contributed by atoms with Crippen LogP contribution in [0.3, 0.4) is 0 Å². The highest BCUT2D eigenvalue weighted by Gasteiger charge is 2.24. The second kappa shape index (κ2) is 17.1. The Kier molecular flexibility index (Phi) is 13.8. The third-order valence-corrected chi connectivity index (χ3v) is 11.1. The third-order valence-electron chi connectivity index (χ3n) is 6.68. The minimum atomic E-state index is -5.03. The maximum absolute atomic E-state index is 12.6. The molecule has 0 heterocycles. The van der Waals surface area contributed by atoms with Crippen molar-refractivity contribution in [2.24, 2.45) is 20.5 Å². The number of sulfone groups is 1. The van der Waals surface area contributed by atoms with Gasteiger partial charge in [-0.05, 0) is 84.1 Å². The van der Waals surface area contributed by atoms with Crippen LogP contribution in [0, 0.1) is 11.4 Å². The van der Waals surface area contributed by atoms with Crippen LogP contribution in [0.1, 0.15) is 0 Å². The molecule has 54 heavy (non-hydrogen) atoms. The normalized spacial score (nSPS) is 12.6.